The normalized spacial score (nSPS) is 9.00. The maximum atomic E-state index is 5.73. The van der Waals surface area contributed by atoms with Gasteiger partial charge in [0.15, 0.2) is 21.3 Å². The Bertz CT molecular complexity index is 558. The van der Waals surface area contributed by atoms with E-state index in [2.05, 4.69) is 30.0 Å². The third-order valence-corrected chi connectivity index (χ3v) is 3.11. The van der Waals surface area contributed by atoms with Crippen LogP contribution in [0.1, 0.15) is 7.43 Å². The van der Waals surface area contributed by atoms with Gasteiger partial charge in [0.25, 0.3) is 0 Å². The molecule has 0 aliphatic rings. The Balaban J connectivity index is 0. The van der Waals surface area contributed by atoms with Gasteiger partial charge in [-0.25, -0.2) is 19.9 Å². The van der Waals surface area contributed by atoms with E-state index < -0.39 is 0 Å². The number of nitrogens with two attached hydrogens (primary N) is 1. The van der Waals surface area contributed by atoms with E-state index >= 15 is 0 Å². The second kappa shape index (κ2) is 18.5. The van der Waals surface area contributed by atoms with Crippen molar-refractivity contribution in [2.45, 2.75) is 7.43 Å². The van der Waals surface area contributed by atoms with Crippen LogP contribution < -0.4 is 11.1 Å². The standard InChI is InChI=1S/C7H10ClN3O.C4H2Cl2N2.C3H9NO.CH4/c1-12-5-4-11-7-6(8)9-2-3-10-7;5-3-4(6)8-2-1-7-3;1-5-3-2-4;/h2-3H,4-5H2,1H3,(H,10,11);1-2H;2-4H2,1H3;1H4. The monoisotopic (exact) mass is 426 g/mol. The molecular formula is C15H25Cl3N6O2. The predicted octanol–water partition coefficient (Wildman–Crippen LogP) is 3.20. The molecule has 2 heterocycles. The van der Waals surface area contributed by atoms with Crippen LogP contribution in [0.3, 0.4) is 0 Å². The van der Waals surface area contributed by atoms with Crippen molar-refractivity contribution in [3.8, 4) is 0 Å². The van der Waals surface area contributed by atoms with E-state index in [1.807, 2.05) is 0 Å². The Hall–Kier alpha value is -1.29. The van der Waals surface area contributed by atoms with Crippen LogP contribution in [-0.4, -0.2) is 60.5 Å². The highest BCUT2D eigenvalue weighted by molar-refractivity contribution is 6.40. The van der Waals surface area contributed by atoms with Crippen LogP contribution in [0.4, 0.5) is 5.82 Å². The molecule has 0 atom stereocenters. The number of aromatic nitrogens is 4. The molecule has 2 aromatic rings. The van der Waals surface area contributed by atoms with Gasteiger partial charge < -0.3 is 20.5 Å². The summed E-state index contributed by atoms with van der Waals surface area (Å²) in [6.07, 6.45) is 6.09. The number of hydrogen-bond acceptors (Lipinski definition) is 8. The van der Waals surface area contributed by atoms with Gasteiger partial charge in [-0.1, -0.05) is 42.2 Å². The van der Waals surface area contributed by atoms with E-state index in [4.69, 9.17) is 45.3 Å². The van der Waals surface area contributed by atoms with Crippen LogP contribution in [-0.2, 0) is 9.47 Å². The number of methoxy groups -OCH3 is 2. The molecular weight excluding hydrogens is 403 g/mol. The third kappa shape index (κ3) is 13.9. The van der Waals surface area contributed by atoms with E-state index in [1.54, 1.807) is 26.6 Å². The van der Waals surface area contributed by atoms with Crippen LogP contribution >= 0.6 is 34.8 Å². The van der Waals surface area contributed by atoms with Crippen molar-refractivity contribution in [2.75, 3.05) is 45.8 Å². The van der Waals surface area contributed by atoms with E-state index in [-0.39, 0.29) is 17.7 Å². The summed E-state index contributed by atoms with van der Waals surface area (Å²) in [5.74, 6) is 0.594. The summed E-state index contributed by atoms with van der Waals surface area (Å²) in [6, 6.07) is 0. The molecule has 0 fully saturated rings. The molecule has 0 saturated carbocycles. The zero-order chi connectivity index (χ0) is 18.9. The number of halogens is 3. The summed E-state index contributed by atoms with van der Waals surface area (Å²) >= 11 is 16.5. The van der Waals surface area contributed by atoms with Crippen LogP contribution in [0, 0.1) is 0 Å². The first-order valence-corrected chi connectivity index (χ1v) is 8.20. The highest BCUT2D eigenvalue weighted by Crippen LogP contribution is 2.13. The van der Waals surface area contributed by atoms with Crippen LogP contribution in [0.25, 0.3) is 0 Å². The lowest BCUT2D eigenvalue weighted by atomic mass is 10.6. The van der Waals surface area contributed by atoms with Crippen molar-refractivity contribution >= 4 is 40.6 Å². The van der Waals surface area contributed by atoms with E-state index in [9.17, 15) is 0 Å². The molecule has 0 aliphatic heterocycles. The molecule has 2 rings (SSSR count). The average molecular weight is 428 g/mol. The van der Waals surface area contributed by atoms with Gasteiger partial charge in [-0.3, -0.25) is 0 Å². The number of rotatable bonds is 6. The molecule has 0 radical (unpaired) electrons. The van der Waals surface area contributed by atoms with Gasteiger partial charge in [-0.2, -0.15) is 0 Å². The topological polar surface area (TPSA) is 108 Å². The van der Waals surface area contributed by atoms with Crippen LogP contribution in [0.15, 0.2) is 24.8 Å². The molecule has 2 aromatic heterocycles. The fraction of sp³-hybridized carbons (Fsp3) is 0.467. The second-order valence-electron chi connectivity index (χ2n) is 4.03. The quantitative estimate of drug-likeness (QED) is 0.677. The minimum absolute atomic E-state index is 0. The lowest BCUT2D eigenvalue weighted by molar-refractivity contribution is 0.207. The summed E-state index contributed by atoms with van der Waals surface area (Å²) in [4.78, 5) is 15.1. The Labute approximate surface area is 169 Å². The summed E-state index contributed by atoms with van der Waals surface area (Å²) in [7, 11) is 3.27. The van der Waals surface area contributed by atoms with Gasteiger partial charge in [-0.05, 0) is 0 Å². The van der Waals surface area contributed by atoms with Crippen LogP contribution in [0.2, 0.25) is 15.5 Å². The largest absolute Gasteiger partial charge is 0.383 e. The highest BCUT2D eigenvalue weighted by atomic mass is 35.5. The number of ether oxygens (including phenoxy) is 2. The van der Waals surface area contributed by atoms with Gasteiger partial charge in [0, 0.05) is 52.1 Å². The first-order valence-electron chi connectivity index (χ1n) is 7.07. The minimum atomic E-state index is 0. The van der Waals surface area contributed by atoms with Gasteiger partial charge in [0.2, 0.25) is 0 Å². The second-order valence-corrected chi connectivity index (χ2v) is 5.11. The number of nitrogens with one attached hydrogen (secondary N) is 1. The first kappa shape index (κ1) is 26.9. The predicted molar refractivity (Wildman–Crippen MR) is 107 cm³/mol. The van der Waals surface area contributed by atoms with Crippen molar-refractivity contribution in [3.63, 3.8) is 0 Å². The smallest absolute Gasteiger partial charge is 0.171 e. The minimum Gasteiger partial charge on any atom is -0.383 e. The van der Waals surface area contributed by atoms with Crippen molar-refractivity contribution < 1.29 is 9.47 Å². The zero-order valence-electron chi connectivity index (χ0n) is 14.0. The molecule has 0 bridgehead atoms. The van der Waals surface area contributed by atoms with Gasteiger partial charge >= 0.3 is 0 Å². The Morgan fingerprint density at radius 3 is 1.65 bits per heavy atom. The number of anilines is 1. The SMILES string of the molecule is C.COCCN.COCCNc1nccnc1Cl.Clc1nccnc1Cl. The van der Waals surface area contributed by atoms with Crippen molar-refractivity contribution in [2.24, 2.45) is 5.73 Å². The van der Waals surface area contributed by atoms with Crippen LogP contribution in [0.5, 0.6) is 0 Å². The molecule has 148 valence electrons. The van der Waals surface area contributed by atoms with E-state index in [1.165, 1.54) is 12.4 Å². The van der Waals surface area contributed by atoms with E-state index in [0.29, 0.717) is 37.3 Å². The summed E-state index contributed by atoms with van der Waals surface area (Å²) in [5.41, 5.74) is 5.01. The molecule has 0 aliphatic carbocycles. The maximum Gasteiger partial charge on any atom is 0.171 e. The summed E-state index contributed by atoms with van der Waals surface area (Å²) in [6.45, 7) is 2.58. The van der Waals surface area contributed by atoms with Gasteiger partial charge in [0.1, 0.15) is 0 Å². The highest BCUT2D eigenvalue weighted by Gasteiger charge is 1.98. The third-order valence-electron chi connectivity index (χ3n) is 2.19. The Morgan fingerprint density at radius 2 is 1.31 bits per heavy atom. The van der Waals surface area contributed by atoms with Crippen molar-refractivity contribution in [1.29, 1.82) is 0 Å². The average Bonchev–Trinajstić information content (AvgIpc) is 2.61. The van der Waals surface area contributed by atoms with Gasteiger partial charge in [0.05, 0.1) is 13.2 Å². The molecule has 0 aromatic carbocycles. The van der Waals surface area contributed by atoms with E-state index in [0.717, 1.165) is 0 Å². The fourth-order valence-electron chi connectivity index (χ4n) is 1.13. The van der Waals surface area contributed by atoms with Crippen molar-refractivity contribution in [1.82, 2.24) is 19.9 Å². The maximum absolute atomic E-state index is 5.73. The molecule has 0 saturated heterocycles. The first-order chi connectivity index (χ1) is 12.1. The zero-order valence-corrected chi connectivity index (χ0v) is 16.2. The fourth-order valence-corrected chi connectivity index (χ4v) is 1.52. The lowest BCUT2D eigenvalue weighted by Crippen LogP contribution is -2.09. The molecule has 26 heavy (non-hydrogen) atoms. The molecule has 11 heteroatoms. The Kier molecular flexibility index (Phi) is 19.2. The van der Waals surface area contributed by atoms with Gasteiger partial charge in [-0.15, -0.1) is 0 Å². The Morgan fingerprint density at radius 1 is 0.846 bits per heavy atom. The lowest BCUT2D eigenvalue weighted by Gasteiger charge is -2.04. The molecule has 0 unspecified atom stereocenters. The molecule has 0 spiro atoms. The molecule has 8 nitrogen and oxygen atoms in total. The molecule has 3 N–H and O–H groups in total. The summed E-state index contributed by atoms with van der Waals surface area (Å²) < 4.78 is 9.42. The van der Waals surface area contributed by atoms with Crippen molar-refractivity contribution in [3.05, 3.63) is 40.2 Å². The number of nitrogens with zero attached hydrogens (tertiary/aromatic N) is 4. The number of hydrogen-bond donors (Lipinski definition) is 2. The summed E-state index contributed by atoms with van der Waals surface area (Å²) in [5, 5.41) is 3.86. The molecule has 0 amide bonds.